The lowest BCUT2D eigenvalue weighted by Crippen LogP contribution is -2.41. The molecule has 0 aliphatic rings. The Morgan fingerprint density at radius 3 is 2.40 bits per heavy atom. The van der Waals surface area contributed by atoms with Crippen molar-refractivity contribution < 1.29 is 24.2 Å². The summed E-state index contributed by atoms with van der Waals surface area (Å²) in [5, 5.41) is 11.4. The molecule has 0 aliphatic heterocycles. The Hall–Kier alpha value is -1.89. The highest BCUT2D eigenvalue weighted by Crippen LogP contribution is 2.11. The molecule has 1 aromatic rings. The fraction of sp³-hybridized carbons (Fsp3) is 0.308. The molecule has 2 N–H and O–H groups in total. The smallest absolute Gasteiger partial charge is 0.326 e. The molecule has 0 aliphatic carbocycles. The van der Waals surface area contributed by atoms with Gasteiger partial charge in [0.05, 0.1) is 7.11 Å². The van der Waals surface area contributed by atoms with Crippen LogP contribution in [0.15, 0.2) is 28.7 Å². The first kappa shape index (κ1) is 16.2. The Morgan fingerprint density at radius 1 is 1.30 bits per heavy atom. The maximum atomic E-state index is 11.9. The number of methoxy groups -OCH3 is 1. The van der Waals surface area contributed by atoms with Gasteiger partial charge in [-0.25, -0.2) is 4.79 Å². The molecule has 1 amide bonds. The molecular weight excluding hydrogens is 330 g/mol. The highest BCUT2D eigenvalue weighted by atomic mass is 79.9. The average molecular weight is 344 g/mol. The predicted octanol–water partition coefficient (Wildman–Crippen LogP) is 1.59. The summed E-state index contributed by atoms with van der Waals surface area (Å²) in [6.45, 7) is 0. The van der Waals surface area contributed by atoms with E-state index in [2.05, 4.69) is 26.0 Å². The number of carboxylic acid groups (broad SMARTS) is 1. The monoisotopic (exact) mass is 343 g/mol. The summed E-state index contributed by atoms with van der Waals surface area (Å²) in [5.74, 6) is -2.22. The van der Waals surface area contributed by atoms with E-state index >= 15 is 0 Å². The van der Waals surface area contributed by atoms with Crippen LogP contribution in [0.25, 0.3) is 0 Å². The van der Waals surface area contributed by atoms with E-state index in [1.54, 1.807) is 24.3 Å². The summed E-state index contributed by atoms with van der Waals surface area (Å²) in [7, 11) is 1.22. The molecule has 0 aromatic heterocycles. The molecule has 0 bridgehead atoms. The highest BCUT2D eigenvalue weighted by molar-refractivity contribution is 9.10. The molecule has 20 heavy (non-hydrogen) atoms. The van der Waals surface area contributed by atoms with Crippen LogP contribution in [0.5, 0.6) is 0 Å². The van der Waals surface area contributed by atoms with E-state index in [4.69, 9.17) is 5.11 Å². The second kappa shape index (κ2) is 7.64. The molecule has 0 saturated heterocycles. The quantitative estimate of drug-likeness (QED) is 0.765. The van der Waals surface area contributed by atoms with Crippen molar-refractivity contribution in [1.29, 1.82) is 0 Å². The number of benzene rings is 1. The number of rotatable bonds is 6. The lowest BCUT2D eigenvalue weighted by molar-refractivity contribution is -0.142. The maximum absolute atomic E-state index is 11.9. The van der Waals surface area contributed by atoms with Gasteiger partial charge in [-0.15, -0.1) is 0 Å². The lowest BCUT2D eigenvalue weighted by atomic mass is 10.1. The fourth-order valence-corrected chi connectivity index (χ4v) is 1.73. The third-order valence-electron chi connectivity index (χ3n) is 2.57. The third-order valence-corrected chi connectivity index (χ3v) is 3.10. The summed E-state index contributed by atoms with van der Waals surface area (Å²) in [6, 6.07) is 5.36. The van der Waals surface area contributed by atoms with Crippen molar-refractivity contribution >= 4 is 33.8 Å². The normalized spacial score (nSPS) is 11.5. The molecule has 0 heterocycles. The van der Waals surface area contributed by atoms with Crippen molar-refractivity contribution in [1.82, 2.24) is 5.32 Å². The fourth-order valence-electron chi connectivity index (χ4n) is 1.46. The van der Waals surface area contributed by atoms with E-state index in [-0.39, 0.29) is 12.8 Å². The van der Waals surface area contributed by atoms with Crippen molar-refractivity contribution in [3.05, 3.63) is 34.3 Å². The number of aliphatic carboxylic acids is 1. The number of carbonyl (C=O) groups excluding carboxylic acids is 2. The number of halogens is 1. The number of hydrogen-bond donors (Lipinski definition) is 2. The van der Waals surface area contributed by atoms with Gasteiger partial charge in [-0.05, 0) is 30.7 Å². The molecule has 0 unspecified atom stereocenters. The van der Waals surface area contributed by atoms with E-state index in [0.717, 1.165) is 4.47 Å². The Bertz CT molecular complexity index is 500. The third kappa shape index (κ3) is 5.00. The second-order valence-corrected chi connectivity index (χ2v) is 4.90. The van der Waals surface area contributed by atoms with Crippen molar-refractivity contribution in [2.75, 3.05) is 7.11 Å². The minimum absolute atomic E-state index is 0.0235. The van der Waals surface area contributed by atoms with Gasteiger partial charge in [0, 0.05) is 16.5 Å². The predicted molar refractivity (Wildman–Crippen MR) is 74.3 cm³/mol. The Balaban J connectivity index is 2.65. The zero-order valence-electron chi connectivity index (χ0n) is 10.8. The van der Waals surface area contributed by atoms with E-state index in [0.29, 0.717) is 5.56 Å². The minimum atomic E-state index is -1.20. The van der Waals surface area contributed by atoms with Crippen LogP contribution in [-0.4, -0.2) is 36.1 Å². The Morgan fingerprint density at radius 2 is 1.90 bits per heavy atom. The van der Waals surface area contributed by atoms with Gasteiger partial charge in [0.25, 0.3) is 5.91 Å². The summed E-state index contributed by atoms with van der Waals surface area (Å²) < 4.78 is 5.25. The first-order chi connectivity index (χ1) is 9.43. The van der Waals surface area contributed by atoms with Crippen molar-refractivity contribution in [2.24, 2.45) is 0 Å². The molecule has 0 fully saturated rings. The van der Waals surface area contributed by atoms with Crippen LogP contribution in [0.3, 0.4) is 0 Å². The first-order valence-electron chi connectivity index (χ1n) is 5.80. The molecule has 1 atom stereocenters. The maximum Gasteiger partial charge on any atom is 0.326 e. The van der Waals surface area contributed by atoms with Gasteiger partial charge in [-0.3, -0.25) is 9.59 Å². The van der Waals surface area contributed by atoms with E-state index in [1.165, 1.54) is 7.11 Å². The number of hydrogen-bond acceptors (Lipinski definition) is 4. The molecule has 7 heteroatoms. The molecule has 6 nitrogen and oxygen atoms in total. The van der Waals surface area contributed by atoms with Gasteiger partial charge in [-0.2, -0.15) is 0 Å². The highest BCUT2D eigenvalue weighted by Gasteiger charge is 2.21. The van der Waals surface area contributed by atoms with Crippen LogP contribution in [0.4, 0.5) is 0 Å². The molecule has 0 spiro atoms. The number of carboxylic acids is 1. The molecule has 0 saturated carbocycles. The van der Waals surface area contributed by atoms with Gasteiger partial charge in [0.2, 0.25) is 0 Å². The number of carbonyl (C=O) groups is 3. The second-order valence-electron chi connectivity index (χ2n) is 3.99. The van der Waals surface area contributed by atoms with Crippen LogP contribution in [0.1, 0.15) is 23.2 Å². The van der Waals surface area contributed by atoms with E-state index in [1.807, 2.05) is 0 Å². The SMILES string of the molecule is COC(=O)CC[C@@H](NC(=O)c1ccc(Br)cc1)C(=O)O. The van der Waals surface area contributed by atoms with Gasteiger partial charge in [0.15, 0.2) is 0 Å². The largest absolute Gasteiger partial charge is 0.480 e. The van der Waals surface area contributed by atoms with Crippen LogP contribution in [0.2, 0.25) is 0 Å². The topological polar surface area (TPSA) is 92.7 Å². The van der Waals surface area contributed by atoms with Crippen LogP contribution in [-0.2, 0) is 14.3 Å². The van der Waals surface area contributed by atoms with Crippen molar-refractivity contribution in [2.45, 2.75) is 18.9 Å². The molecule has 0 radical (unpaired) electrons. The van der Waals surface area contributed by atoms with E-state index < -0.39 is 23.9 Å². The summed E-state index contributed by atoms with van der Waals surface area (Å²) in [6.07, 6.45) is -0.0989. The molecule has 1 rings (SSSR count). The molecule has 1 aromatic carbocycles. The number of nitrogens with one attached hydrogen (secondary N) is 1. The summed E-state index contributed by atoms with van der Waals surface area (Å²) in [5.41, 5.74) is 0.345. The standard InChI is InChI=1S/C13H14BrNO5/c1-20-11(16)7-6-10(13(18)19)15-12(17)8-2-4-9(14)5-3-8/h2-5,10H,6-7H2,1H3,(H,15,17)(H,18,19)/t10-/m1/s1. The van der Waals surface area contributed by atoms with Crippen LogP contribution in [0, 0.1) is 0 Å². The van der Waals surface area contributed by atoms with Crippen molar-refractivity contribution in [3.8, 4) is 0 Å². The Labute approximate surface area is 124 Å². The number of amides is 1. The van der Waals surface area contributed by atoms with Crippen LogP contribution < -0.4 is 5.32 Å². The van der Waals surface area contributed by atoms with Gasteiger partial charge >= 0.3 is 11.9 Å². The zero-order chi connectivity index (χ0) is 15.1. The number of ether oxygens (including phenoxy) is 1. The Kier molecular flexibility index (Phi) is 6.17. The average Bonchev–Trinajstić information content (AvgIpc) is 2.43. The van der Waals surface area contributed by atoms with Crippen molar-refractivity contribution in [3.63, 3.8) is 0 Å². The van der Waals surface area contributed by atoms with E-state index in [9.17, 15) is 14.4 Å². The summed E-state index contributed by atoms with van der Waals surface area (Å²) >= 11 is 3.24. The van der Waals surface area contributed by atoms with Gasteiger partial charge < -0.3 is 15.2 Å². The first-order valence-corrected chi connectivity index (χ1v) is 6.59. The van der Waals surface area contributed by atoms with Crippen LogP contribution >= 0.6 is 15.9 Å². The minimum Gasteiger partial charge on any atom is -0.480 e. The number of esters is 1. The van der Waals surface area contributed by atoms with Gasteiger partial charge in [0.1, 0.15) is 6.04 Å². The zero-order valence-corrected chi connectivity index (χ0v) is 12.3. The molecule has 108 valence electrons. The lowest BCUT2D eigenvalue weighted by Gasteiger charge is -2.14. The molecular formula is C13H14BrNO5. The van der Waals surface area contributed by atoms with Gasteiger partial charge in [-0.1, -0.05) is 15.9 Å². The summed E-state index contributed by atoms with van der Waals surface area (Å²) in [4.78, 5) is 33.9.